The highest BCUT2D eigenvalue weighted by molar-refractivity contribution is 6.11. The number of para-hydroxylation sites is 4. The van der Waals surface area contributed by atoms with Crippen LogP contribution in [0.1, 0.15) is 11.1 Å². The third-order valence-electron chi connectivity index (χ3n) is 9.58. The maximum Gasteiger partial charge on any atom is 0.188 e. The van der Waals surface area contributed by atoms with Crippen LogP contribution in [0.15, 0.2) is 152 Å². The second-order valence-electron chi connectivity index (χ2n) is 12.3. The van der Waals surface area contributed by atoms with Gasteiger partial charge in [0.05, 0.1) is 57.6 Å². The summed E-state index contributed by atoms with van der Waals surface area (Å²) in [5.41, 5.74) is 11.1. The Morgan fingerprint density at radius 3 is 1.78 bits per heavy atom. The van der Waals surface area contributed by atoms with Crippen molar-refractivity contribution in [1.29, 1.82) is 10.5 Å². The van der Waals surface area contributed by atoms with Crippen LogP contribution in [-0.2, 0) is 0 Å². The van der Waals surface area contributed by atoms with E-state index >= 15 is 0 Å². The van der Waals surface area contributed by atoms with Gasteiger partial charge in [0.1, 0.15) is 0 Å². The minimum atomic E-state index is 0.534. The van der Waals surface area contributed by atoms with Crippen molar-refractivity contribution in [1.82, 2.24) is 9.13 Å². The Bertz CT molecular complexity index is 2920. The average molecular weight is 636 g/mol. The van der Waals surface area contributed by atoms with Crippen molar-refractivity contribution in [2.24, 2.45) is 0 Å². The number of aromatic nitrogens is 2. The summed E-state index contributed by atoms with van der Waals surface area (Å²) in [5.74, 6) is 0. The van der Waals surface area contributed by atoms with Crippen LogP contribution in [0, 0.1) is 29.2 Å². The second kappa shape index (κ2) is 11.4. The molecule has 0 saturated heterocycles. The molecule has 9 rings (SSSR count). The van der Waals surface area contributed by atoms with Gasteiger partial charge in [0.15, 0.2) is 5.69 Å². The molecule has 0 spiro atoms. The van der Waals surface area contributed by atoms with Crippen LogP contribution in [0.5, 0.6) is 0 Å². The molecule has 50 heavy (non-hydrogen) atoms. The number of nitriles is 2. The summed E-state index contributed by atoms with van der Waals surface area (Å²) in [7, 11) is 0. The first-order valence-corrected chi connectivity index (χ1v) is 16.3. The molecular formula is C45H25N5. The fourth-order valence-electron chi connectivity index (χ4n) is 7.41. The van der Waals surface area contributed by atoms with Crippen molar-refractivity contribution in [3.05, 3.63) is 174 Å². The molecular weight excluding hydrogens is 611 g/mol. The molecule has 2 aromatic heterocycles. The van der Waals surface area contributed by atoms with E-state index in [0.29, 0.717) is 16.8 Å². The number of benzene rings is 7. The van der Waals surface area contributed by atoms with Gasteiger partial charge >= 0.3 is 0 Å². The first kappa shape index (κ1) is 28.8. The van der Waals surface area contributed by atoms with Crippen LogP contribution in [0.4, 0.5) is 5.69 Å². The van der Waals surface area contributed by atoms with Crippen molar-refractivity contribution in [3.63, 3.8) is 0 Å². The van der Waals surface area contributed by atoms with Crippen molar-refractivity contribution >= 4 is 49.3 Å². The summed E-state index contributed by atoms with van der Waals surface area (Å²) in [6, 6.07) is 55.5. The molecule has 0 bridgehead atoms. The highest BCUT2D eigenvalue weighted by Crippen LogP contribution is 2.40. The average Bonchev–Trinajstić information content (AvgIpc) is 3.70. The molecule has 9 aromatic rings. The van der Waals surface area contributed by atoms with E-state index in [1.165, 1.54) is 0 Å². The summed E-state index contributed by atoms with van der Waals surface area (Å²) < 4.78 is 4.43. The third kappa shape index (κ3) is 4.38. The number of nitrogens with zero attached hydrogens (tertiary/aromatic N) is 5. The molecule has 0 aliphatic carbocycles. The monoisotopic (exact) mass is 635 g/mol. The Balaban J connectivity index is 1.22. The summed E-state index contributed by atoms with van der Waals surface area (Å²) in [6.07, 6.45) is 0. The summed E-state index contributed by atoms with van der Waals surface area (Å²) in [6.45, 7) is 7.57. The Hall–Kier alpha value is -7.39. The lowest BCUT2D eigenvalue weighted by atomic mass is 9.93. The zero-order valence-corrected chi connectivity index (χ0v) is 26.7. The summed E-state index contributed by atoms with van der Waals surface area (Å²) >= 11 is 0. The van der Waals surface area contributed by atoms with Gasteiger partial charge in [-0.1, -0.05) is 91.0 Å². The molecule has 0 N–H and O–H groups in total. The van der Waals surface area contributed by atoms with Gasteiger partial charge in [-0.25, -0.2) is 4.85 Å². The van der Waals surface area contributed by atoms with Crippen LogP contribution < -0.4 is 0 Å². The van der Waals surface area contributed by atoms with Crippen LogP contribution in [-0.4, -0.2) is 9.13 Å². The lowest BCUT2D eigenvalue weighted by Gasteiger charge is -2.16. The molecule has 2 heterocycles. The number of hydrogen-bond acceptors (Lipinski definition) is 2. The molecule has 0 atom stereocenters. The lowest BCUT2D eigenvalue weighted by molar-refractivity contribution is 1.18. The van der Waals surface area contributed by atoms with Crippen LogP contribution in [0.2, 0.25) is 0 Å². The Morgan fingerprint density at radius 1 is 0.480 bits per heavy atom. The molecule has 230 valence electrons. The van der Waals surface area contributed by atoms with Crippen LogP contribution >= 0.6 is 0 Å². The Labute approximate surface area is 288 Å². The maximum atomic E-state index is 10.6. The van der Waals surface area contributed by atoms with Crippen molar-refractivity contribution in [2.45, 2.75) is 0 Å². The molecule has 7 aromatic carbocycles. The maximum absolute atomic E-state index is 10.6. The van der Waals surface area contributed by atoms with Crippen LogP contribution in [0.3, 0.4) is 0 Å². The molecule has 0 radical (unpaired) electrons. The topological polar surface area (TPSA) is 61.8 Å². The molecule has 0 fully saturated rings. The molecule has 0 amide bonds. The first-order chi connectivity index (χ1) is 24.7. The van der Waals surface area contributed by atoms with Gasteiger partial charge in [-0.05, 0) is 77.2 Å². The normalized spacial score (nSPS) is 11.1. The minimum absolute atomic E-state index is 0.534. The first-order valence-electron chi connectivity index (χ1n) is 16.3. The van der Waals surface area contributed by atoms with Gasteiger partial charge in [0.25, 0.3) is 0 Å². The third-order valence-corrected chi connectivity index (χ3v) is 9.58. The van der Waals surface area contributed by atoms with Gasteiger partial charge in [-0.15, -0.1) is 0 Å². The van der Waals surface area contributed by atoms with Crippen molar-refractivity contribution < 1.29 is 0 Å². The molecule has 0 aliphatic heterocycles. The summed E-state index contributed by atoms with van der Waals surface area (Å²) in [5, 5.41) is 25.1. The Kier molecular flexibility index (Phi) is 6.56. The SMILES string of the molecule is [C-]#[N+]c1ccc2c(c1)c1ccccc1n2-c1ccccc1-c1ccc(-c2cc(C#N)cc(-n3c4ccccc4c4ccccc43)c2)cc1C#N. The van der Waals surface area contributed by atoms with E-state index in [9.17, 15) is 10.5 Å². The highest BCUT2D eigenvalue weighted by atomic mass is 15.0. The van der Waals surface area contributed by atoms with Gasteiger partial charge in [0, 0.05) is 33.0 Å². The number of fused-ring (bicyclic) bond motifs is 6. The lowest BCUT2D eigenvalue weighted by Crippen LogP contribution is -1.98. The molecule has 5 nitrogen and oxygen atoms in total. The van der Waals surface area contributed by atoms with Crippen molar-refractivity contribution in [2.75, 3.05) is 0 Å². The quantitative estimate of drug-likeness (QED) is 0.181. The van der Waals surface area contributed by atoms with Crippen LogP contribution in [0.25, 0.3) is 82.1 Å². The smallest absolute Gasteiger partial charge is 0.188 e. The second-order valence-corrected chi connectivity index (χ2v) is 12.3. The fourth-order valence-corrected chi connectivity index (χ4v) is 7.41. The van der Waals surface area contributed by atoms with E-state index in [0.717, 1.165) is 77.2 Å². The van der Waals surface area contributed by atoms with E-state index in [-0.39, 0.29) is 0 Å². The van der Waals surface area contributed by atoms with Gasteiger partial charge in [0.2, 0.25) is 0 Å². The zero-order chi connectivity index (χ0) is 33.8. The largest absolute Gasteiger partial charge is 0.309 e. The molecule has 0 aliphatic rings. The Morgan fingerprint density at radius 2 is 1.10 bits per heavy atom. The number of rotatable bonds is 4. The molecule has 0 unspecified atom stereocenters. The molecule has 5 heteroatoms. The van der Waals surface area contributed by atoms with Gasteiger partial charge in [-0.3, -0.25) is 0 Å². The van der Waals surface area contributed by atoms with E-state index in [1.54, 1.807) is 0 Å². The van der Waals surface area contributed by atoms with E-state index in [1.807, 2.05) is 97.1 Å². The zero-order valence-electron chi connectivity index (χ0n) is 26.7. The molecule has 0 saturated carbocycles. The predicted octanol–water partition coefficient (Wildman–Crippen LogP) is 11.5. The predicted molar refractivity (Wildman–Crippen MR) is 202 cm³/mol. The standard InChI is InChI=1S/C45H25N5/c1-48-33-19-21-45-40(26-33)39-13-5-9-17-44(39)50(45)43-16-8-2-10-36(43)35-20-18-30(24-32(35)28-47)31-22-29(27-46)23-34(25-31)49-41-14-6-3-11-37(41)38-12-4-7-15-42(38)49/h2-26H. The van der Waals surface area contributed by atoms with E-state index in [4.69, 9.17) is 6.57 Å². The van der Waals surface area contributed by atoms with E-state index < -0.39 is 0 Å². The minimum Gasteiger partial charge on any atom is -0.309 e. The van der Waals surface area contributed by atoms with E-state index in [2.05, 4.69) is 80.7 Å². The fraction of sp³-hybridized carbons (Fsp3) is 0. The van der Waals surface area contributed by atoms with Gasteiger partial charge < -0.3 is 9.13 Å². The number of hydrogen-bond donors (Lipinski definition) is 0. The summed E-state index contributed by atoms with van der Waals surface area (Å²) in [4.78, 5) is 3.67. The van der Waals surface area contributed by atoms with Crippen molar-refractivity contribution in [3.8, 4) is 45.8 Å². The van der Waals surface area contributed by atoms with Gasteiger partial charge in [-0.2, -0.15) is 10.5 Å². The highest BCUT2D eigenvalue weighted by Gasteiger charge is 2.19.